The molecule has 0 bridgehead atoms. The summed E-state index contributed by atoms with van der Waals surface area (Å²) in [6, 6.07) is 13.5. The molecule has 0 spiro atoms. The first-order valence-electron chi connectivity index (χ1n) is 11.5. The number of fused-ring (bicyclic) bond motifs is 1. The second-order valence-electron chi connectivity index (χ2n) is 8.44. The number of aromatic nitrogens is 7. The molecule has 0 unspecified atom stereocenters. The number of ether oxygens (including phenoxy) is 4. The van der Waals surface area contributed by atoms with Crippen LogP contribution in [0.2, 0.25) is 0 Å². The first-order chi connectivity index (χ1) is 18.2. The number of rotatable bonds is 7. The number of hydrogen-bond donors (Lipinski definition) is 2. The van der Waals surface area contributed by atoms with Gasteiger partial charge in [-0.05, 0) is 59.0 Å². The molecule has 4 atom stereocenters. The van der Waals surface area contributed by atoms with Crippen molar-refractivity contribution in [1.29, 1.82) is 0 Å². The van der Waals surface area contributed by atoms with Crippen LogP contribution < -0.4 is 20.1 Å². The van der Waals surface area contributed by atoms with Gasteiger partial charge in [-0.15, -0.1) is 0 Å². The minimum atomic E-state index is -0.356. The highest BCUT2D eigenvalue weighted by molar-refractivity contribution is 5.89. The molecule has 6 rings (SSSR count). The van der Waals surface area contributed by atoms with Crippen LogP contribution in [0.3, 0.4) is 0 Å². The Hall–Kier alpha value is -4.56. The summed E-state index contributed by atoms with van der Waals surface area (Å²) in [5, 5.41) is 21.7. The predicted octanol–water partition coefficient (Wildman–Crippen LogP) is 1.58. The number of carbonyl (C=O) groups excluding carboxylic acids is 1. The first kappa shape index (κ1) is 22.9. The molecule has 2 fully saturated rings. The highest BCUT2D eigenvalue weighted by Crippen LogP contribution is 2.36. The second kappa shape index (κ2) is 9.83. The summed E-state index contributed by atoms with van der Waals surface area (Å²) in [5.41, 5.74) is 1.48. The molecule has 2 aliphatic heterocycles. The van der Waals surface area contributed by atoms with Crippen LogP contribution in [0.5, 0.6) is 17.5 Å². The molecular formula is C23H23N9O5. The Morgan fingerprint density at radius 3 is 2.57 bits per heavy atom. The van der Waals surface area contributed by atoms with Crippen LogP contribution in [-0.4, -0.2) is 79.6 Å². The van der Waals surface area contributed by atoms with Gasteiger partial charge in [0.15, 0.2) is 0 Å². The van der Waals surface area contributed by atoms with Gasteiger partial charge in [0.2, 0.25) is 0 Å². The van der Waals surface area contributed by atoms with Crippen molar-refractivity contribution in [1.82, 2.24) is 40.3 Å². The molecule has 2 aromatic carbocycles. The average molecular weight is 505 g/mol. The maximum absolute atomic E-state index is 12.5. The Bertz CT molecular complexity index is 1340. The van der Waals surface area contributed by atoms with E-state index in [4.69, 9.17) is 18.9 Å². The van der Waals surface area contributed by atoms with Crippen molar-refractivity contribution in [3.05, 3.63) is 61.2 Å². The van der Waals surface area contributed by atoms with Gasteiger partial charge >= 0.3 is 12.0 Å². The number of hydrogen-bond acceptors (Lipinski definition) is 10. The van der Waals surface area contributed by atoms with Crippen LogP contribution in [0, 0.1) is 0 Å². The highest BCUT2D eigenvalue weighted by Gasteiger charge is 2.50. The Kier molecular flexibility index (Phi) is 6.08. The fraction of sp³-hybridized carbons (Fsp3) is 0.304. The van der Waals surface area contributed by atoms with Crippen LogP contribution in [-0.2, 0) is 9.47 Å². The number of nitrogens with one attached hydrogen (secondary N) is 2. The zero-order chi connectivity index (χ0) is 25.2. The molecule has 2 N–H and O–H groups in total. The van der Waals surface area contributed by atoms with Gasteiger partial charge in [-0.2, -0.15) is 9.78 Å². The highest BCUT2D eigenvalue weighted by atomic mass is 16.6. The molecular weight excluding hydrogens is 482 g/mol. The molecule has 0 aliphatic carbocycles. The van der Waals surface area contributed by atoms with Gasteiger partial charge < -0.3 is 29.6 Å². The molecule has 0 saturated carbocycles. The summed E-state index contributed by atoms with van der Waals surface area (Å²) < 4.78 is 26.3. The molecule has 2 aromatic heterocycles. The normalized spacial score (nSPS) is 22.4. The zero-order valence-corrected chi connectivity index (χ0v) is 19.7. The topological polar surface area (TPSA) is 152 Å². The van der Waals surface area contributed by atoms with E-state index >= 15 is 0 Å². The van der Waals surface area contributed by atoms with Gasteiger partial charge in [-0.3, -0.25) is 0 Å². The van der Waals surface area contributed by atoms with E-state index in [1.807, 2.05) is 12.1 Å². The fourth-order valence-corrected chi connectivity index (χ4v) is 4.40. The standard InChI is InChI=1S/C23H23N9O5/c1-34-16-6-2-14(3-7-16)26-22(33)27-18-10-35-21-19(11-36-20(18)21)32-23(28-29-30-32)37-17-8-4-15(5-9-17)31-13-24-12-25-31/h2-9,12-13,18-21H,10-11H2,1H3,(H2,26,27,33)/t18-,19-,20+,21+/m0/s1. The van der Waals surface area contributed by atoms with Gasteiger partial charge in [0.1, 0.15) is 42.4 Å². The summed E-state index contributed by atoms with van der Waals surface area (Å²) in [4.78, 5) is 16.5. The Morgan fingerprint density at radius 2 is 1.81 bits per heavy atom. The van der Waals surface area contributed by atoms with Crippen molar-refractivity contribution in [3.63, 3.8) is 0 Å². The van der Waals surface area contributed by atoms with Gasteiger partial charge in [-0.25, -0.2) is 14.5 Å². The first-order valence-corrected chi connectivity index (χ1v) is 11.5. The average Bonchev–Trinajstić information content (AvgIpc) is 3.72. The monoisotopic (exact) mass is 505 g/mol. The third-order valence-electron chi connectivity index (χ3n) is 6.20. The lowest BCUT2D eigenvalue weighted by Gasteiger charge is -2.18. The SMILES string of the molecule is COc1ccc(NC(=O)N[C@H]2CO[C@H]3[C@@H]2OC[C@@H]3n2nnnc2Oc2ccc(-n3cncn3)cc2)cc1. The minimum Gasteiger partial charge on any atom is -0.497 e. The van der Waals surface area contributed by atoms with E-state index in [9.17, 15) is 4.79 Å². The predicted molar refractivity (Wildman–Crippen MR) is 127 cm³/mol. The van der Waals surface area contributed by atoms with E-state index in [-0.39, 0.29) is 36.3 Å². The number of benzene rings is 2. The summed E-state index contributed by atoms with van der Waals surface area (Å²) in [6.07, 6.45) is 2.37. The van der Waals surface area contributed by atoms with Crippen molar-refractivity contribution in [2.75, 3.05) is 25.6 Å². The summed E-state index contributed by atoms with van der Waals surface area (Å²) >= 11 is 0. The Labute approximate surface area is 210 Å². The van der Waals surface area contributed by atoms with Gasteiger partial charge in [-0.1, -0.05) is 5.10 Å². The maximum atomic E-state index is 12.5. The van der Waals surface area contributed by atoms with Crippen LogP contribution in [0.15, 0.2) is 61.2 Å². The molecule has 37 heavy (non-hydrogen) atoms. The number of urea groups is 1. The van der Waals surface area contributed by atoms with Crippen molar-refractivity contribution in [3.8, 4) is 23.2 Å². The molecule has 2 amide bonds. The van der Waals surface area contributed by atoms with Crippen molar-refractivity contribution < 1.29 is 23.7 Å². The second-order valence-corrected chi connectivity index (χ2v) is 8.44. The summed E-state index contributed by atoms with van der Waals surface area (Å²) in [7, 11) is 1.59. The van der Waals surface area contributed by atoms with Crippen molar-refractivity contribution in [2.45, 2.75) is 24.3 Å². The van der Waals surface area contributed by atoms with Crippen LogP contribution in [0.25, 0.3) is 5.69 Å². The lowest BCUT2D eigenvalue weighted by Crippen LogP contribution is -2.45. The fourth-order valence-electron chi connectivity index (χ4n) is 4.40. The molecule has 14 nitrogen and oxygen atoms in total. The third kappa shape index (κ3) is 4.66. The van der Waals surface area contributed by atoms with Crippen molar-refractivity contribution in [2.24, 2.45) is 0 Å². The lowest BCUT2D eigenvalue weighted by molar-refractivity contribution is 0.0613. The van der Waals surface area contributed by atoms with E-state index in [0.29, 0.717) is 30.4 Å². The van der Waals surface area contributed by atoms with Gasteiger partial charge in [0, 0.05) is 5.69 Å². The third-order valence-corrected chi connectivity index (χ3v) is 6.20. The molecule has 14 heteroatoms. The number of amides is 2. The Morgan fingerprint density at radius 1 is 1.03 bits per heavy atom. The lowest BCUT2D eigenvalue weighted by atomic mass is 10.1. The van der Waals surface area contributed by atoms with Gasteiger partial charge in [0.05, 0.1) is 32.1 Å². The number of anilines is 1. The maximum Gasteiger partial charge on any atom is 0.341 e. The minimum absolute atomic E-state index is 0.208. The molecule has 0 radical (unpaired) electrons. The van der Waals surface area contributed by atoms with E-state index in [2.05, 4.69) is 36.2 Å². The number of carbonyl (C=O) groups is 1. The van der Waals surface area contributed by atoms with Crippen LogP contribution >= 0.6 is 0 Å². The van der Waals surface area contributed by atoms with Gasteiger partial charge in [0.25, 0.3) is 0 Å². The summed E-state index contributed by atoms with van der Waals surface area (Å²) in [5.74, 6) is 1.26. The largest absolute Gasteiger partial charge is 0.497 e. The zero-order valence-electron chi connectivity index (χ0n) is 19.7. The number of methoxy groups -OCH3 is 1. The molecule has 4 aromatic rings. The summed E-state index contributed by atoms with van der Waals surface area (Å²) in [6.45, 7) is 0.601. The van der Waals surface area contributed by atoms with E-state index in [1.165, 1.54) is 6.33 Å². The smallest absolute Gasteiger partial charge is 0.341 e. The molecule has 2 saturated heterocycles. The quantitative estimate of drug-likeness (QED) is 0.379. The Balaban J connectivity index is 1.08. The number of tetrazole rings is 1. The van der Waals surface area contributed by atoms with E-state index < -0.39 is 0 Å². The van der Waals surface area contributed by atoms with Crippen LogP contribution in [0.4, 0.5) is 10.5 Å². The molecule has 4 heterocycles. The molecule has 2 aliphatic rings. The van der Waals surface area contributed by atoms with E-state index in [0.717, 1.165) is 5.69 Å². The van der Waals surface area contributed by atoms with Crippen molar-refractivity contribution >= 4 is 11.7 Å². The van der Waals surface area contributed by atoms with E-state index in [1.54, 1.807) is 59.2 Å². The van der Waals surface area contributed by atoms with Crippen LogP contribution in [0.1, 0.15) is 6.04 Å². The molecule has 190 valence electrons. The number of nitrogens with zero attached hydrogens (tertiary/aromatic N) is 7.